The molecule has 1 saturated heterocycles. The Morgan fingerprint density at radius 1 is 1.05 bits per heavy atom. The molecule has 5 rings (SSSR count). The SMILES string of the molecule is C=CC(=O)Nc1cc(Nc2nccc(-c3nnc(-c4ccc(OC)cc4)s3)n2)c(OC)cc1N1CCC(N(C)C)CC1. The Morgan fingerprint density at radius 3 is 2.45 bits per heavy atom. The van der Waals surface area contributed by atoms with Crippen LogP contribution in [0.15, 0.2) is 61.3 Å². The molecule has 2 N–H and O–H groups in total. The van der Waals surface area contributed by atoms with Crippen molar-refractivity contribution in [1.29, 1.82) is 0 Å². The lowest BCUT2D eigenvalue weighted by atomic mass is 10.0. The van der Waals surface area contributed by atoms with Crippen molar-refractivity contribution in [2.24, 2.45) is 0 Å². The van der Waals surface area contributed by atoms with E-state index in [1.807, 2.05) is 36.4 Å². The maximum atomic E-state index is 12.4. The number of rotatable bonds is 10. The molecule has 1 fully saturated rings. The molecule has 0 aliphatic carbocycles. The summed E-state index contributed by atoms with van der Waals surface area (Å²) in [5.74, 6) is 1.44. The molecule has 3 heterocycles. The largest absolute Gasteiger partial charge is 0.497 e. The van der Waals surface area contributed by atoms with E-state index >= 15 is 0 Å². The van der Waals surface area contributed by atoms with E-state index in [1.165, 1.54) is 17.4 Å². The minimum Gasteiger partial charge on any atom is -0.497 e. The maximum absolute atomic E-state index is 12.4. The van der Waals surface area contributed by atoms with Gasteiger partial charge in [0, 0.05) is 37.0 Å². The number of amides is 1. The standard InChI is InChI=1S/C30H34N8O3S/c1-6-27(39)32-23-17-24(26(41-5)18-25(23)38-15-12-20(13-16-38)37(2)3)34-30-31-14-11-22(33-30)29-36-35-28(42-29)19-7-9-21(40-4)10-8-19/h6-11,14,17-18,20H,1,12-13,15-16H2,2-5H3,(H,32,39)(H,31,33,34). The summed E-state index contributed by atoms with van der Waals surface area (Å²) in [4.78, 5) is 26.0. The van der Waals surface area contributed by atoms with Gasteiger partial charge in [0.1, 0.15) is 22.2 Å². The van der Waals surface area contributed by atoms with E-state index in [1.54, 1.807) is 26.5 Å². The number of ether oxygens (including phenoxy) is 2. The first-order valence-electron chi connectivity index (χ1n) is 13.5. The van der Waals surface area contributed by atoms with Crippen molar-refractivity contribution < 1.29 is 14.3 Å². The number of hydrogen-bond acceptors (Lipinski definition) is 11. The first-order chi connectivity index (χ1) is 20.4. The normalized spacial score (nSPS) is 13.6. The Hall–Kier alpha value is -4.55. The second-order valence-corrected chi connectivity index (χ2v) is 11.0. The Balaban J connectivity index is 1.41. The maximum Gasteiger partial charge on any atom is 0.247 e. The van der Waals surface area contributed by atoms with E-state index in [2.05, 4.69) is 61.3 Å². The van der Waals surface area contributed by atoms with Gasteiger partial charge in [-0.25, -0.2) is 9.97 Å². The predicted octanol–water partition coefficient (Wildman–Crippen LogP) is 5.08. The van der Waals surface area contributed by atoms with Crippen LogP contribution >= 0.6 is 11.3 Å². The van der Waals surface area contributed by atoms with Gasteiger partial charge < -0.3 is 29.9 Å². The summed E-state index contributed by atoms with van der Waals surface area (Å²) in [6.07, 6.45) is 4.97. The van der Waals surface area contributed by atoms with Gasteiger partial charge in [-0.2, -0.15) is 0 Å². The van der Waals surface area contributed by atoms with Gasteiger partial charge in [-0.15, -0.1) is 10.2 Å². The van der Waals surface area contributed by atoms with Crippen molar-refractivity contribution in [2.75, 3.05) is 56.9 Å². The summed E-state index contributed by atoms with van der Waals surface area (Å²) in [5.41, 5.74) is 3.72. The summed E-state index contributed by atoms with van der Waals surface area (Å²) < 4.78 is 11.0. The topological polar surface area (TPSA) is 118 Å². The van der Waals surface area contributed by atoms with Crippen LogP contribution in [0.4, 0.5) is 23.0 Å². The van der Waals surface area contributed by atoms with E-state index < -0.39 is 0 Å². The monoisotopic (exact) mass is 586 g/mol. The molecule has 11 nitrogen and oxygen atoms in total. The van der Waals surface area contributed by atoms with Crippen molar-refractivity contribution in [3.8, 4) is 32.8 Å². The molecule has 0 atom stereocenters. The predicted molar refractivity (Wildman–Crippen MR) is 167 cm³/mol. The highest BCUT2D eigenvalue weighted by Crippen LogP contribution is 2.39. The van der Waals surface area contributed by atoms with E-state index in [-0.39, 0.29) is 5.91 Å². The highest BCUT2D eigenvalue weighted by molar-refractivity contribution is 7.17. The first-order valence-corrected chi connectivity index (χ1v) is 14.4. The molecule has 218 valence electrons. The van der Waals surface area contributed by atoms with Gasteiger partial charge in [-0.05, 0) is 69.4 Å². The second-order valence-electron chi connectivity index (χ2n) is 9.98. The van der Waals surface area contributed by atoms with Crippen LogP contribution in [-0.2, 0) is 4.79 Å². The first kappa shape index (κ1) is 29.0. The lowest BCUT2D eigenvalue weighted by Gasteiger charge is -2.37. The third kappa shape index (κ3) is 6.50. The molecular formula is C30H34N8O3S. The van der Waals surface area contributed by atoms with Crippen LogP contribution in [0.25, 0.3) is 21.3 Å². The van der Waals surface area contributed by atoms with Gasteiger partial charge in [-0.1, -0.05) is 17.9 Å². The summed E-state index contributed by atoms with van der Waals surface area (Å²) in [6.45, 7) is 5.34. The molecular weight excluding hydrogens is 552 g/mol. The molecule has 0 spiro atoms. The number of anilines is 4. The van der Waals surface area contributed by atoms with E-state index in [0.717, 1.165) is 47.9 Å². The zero-order valence-corrected chi connectivity index (χ0v) is 24.9. The quantitative estimate of drug-likeness (QED) is 0.244. The van der Waals surface area contributed by atoms with Crippen LogP contribution in [0.1, 0.15) is 12.8 Å². The molecule has 0 radical (unpaired) electrons. The zero-order chi connectivity index (χ0) is 29.6. The van der Waals surface area contributed by atoms with Crippen LogP contribution in [0, 0.1) is 0 Å². The average molecular weight is 587 g/mol. The minimum absolute atomic E-state index is 0.294. The number of benzene rings is 2. The Bertz CT molecular complexity index is 1550. The van der Waals surface area contributed by atoms with Crippen LogP contribution in [0.2, 0.25) is 0 Å². The number of hydrogen-bond donors (Lipinski definition) is 2. The fourth-order valence-corrected chi connectivity index (χ4v) is 5.66. The van der Waals surface area contributed by atoms with E-state index in [0.29, 0.717) is 39.8 Å². The lowest BCUT2D eigenvalue weighted by Crippen LogP contribution is -2.42. The molecule has 0 unspecified atom stereocenters. The van der Waals surface area contributed by atoms with Gasteiger partial charge in [0.15, 0.2) is 5.01 Å². The molecule has 2 aromatic carbocycles. The Morgan fingerprint density at radius 2 is 1.79 bits per heavy atom. The van der Waals surface area contributed by atoms with Gasteiger partial charge in [-0.3, -0.25) is 4.79 Å². The Kier molecular flexibility index (Phi) is 8.94. The van der Waals surface area contributed by atoms with Crippen LogP contribution in [0.5, 0.6) is 11.5 Å². The van der Waals surface area contributed by atoms with Gasteiger partial charge in [0.05, 0.1) is 31.3 Å². The second kappa shape index (κ2) is 13.0. The fourth-order valence-electron chi connectivity index (χ4n) is 4.84. The number of piperidine rings is 1. The van der Waals surface area contributed by atoms with Crippen molar-refractivity contribution in [1.82, 2.24) is 25.1 Å². The minimum atomic E-state index is -0.294. The lowest BCUT2D eigenvalue weighted by molar-refractivity contribution is -0.111. The summed E-state index contributed by atoms with van der Waals surface area (Å²) in [7, 11) is 7.47. The molecule has 0 bridgehead atoms. The molecule has 4 aromatic rings. The van der Waals surface area contributed by atoms with E-state index in [4.69, 9.17) is 9.47 Å². The van der Waals surface area contributed by atoms with Crippen LogP contribution in [-0.4, -0.2) is 78.4 Å². The molecule has 42 heavy (non-hydrogen) atoms. The number of aromatic nitrogens is 4. The summed E-state index contributed by atoms with van der Waals surface area (Å²) in [5, 5.41) is 16.4. The van der Waals surface area contributed by atoms with Crippen molar-refractivity contribution in [3.63, 3.8) is 0 Å². The summed E-state index contributed by atoms with van der Waals surface area (Å²) >= 11 is 1.44. The highest BCUT2D eigenvalue weighted by Gasteiger charge is 2.24. The van der Waals surface area contributed by atoms with Crippen LogP contribution < -0.4 is 25.0 Å². The molecule has 12 heteroatoms. The molecule has 1 aliphatic heterocycles. The van der Waals surface area contributed by atoms with Crippen molar-refractivity contribution in [3.05, 3.63) is 61.3 Å². The Labute approximate surface area is 249 Å². The average Bonchev–Trinajstić information content (AvgIpc) is 3.52. The third-order valence-electron chi connectivity index (χ3n) is 7.18. The fraction of sp³-hybridized carbons (Fsp3) is 0.300. The van der Waals surface area contributed by atoms with Crippen molar-refractivity contribution >= 4 is 40.3 Å². The number of carbonyl (C=O) groups is 1. The molecule has 0 saturated carbocycles. The smallest absolute Gasteiger partial charge is 0.247 e. The van der Waals surface area contributed by atoms with Crippen molar-refractivity contribution in [2.45, 2.75) is 18.9 Å². The molecule has 1 aliphatic rings. The number of methoxy groups -OCH3 is 2. The third-order valence-corrected chi connectivity index (χ3v) is 8.17. The molecule has 1 amide bonds. The van der Waals surface area contributed by atoms with Gasteiger partial charge in [0.25, 0.3) is 0 Å². The van der Waals surface area contributed by atoms with Crippen LogP contribution in [0.3, 0.4) is 0 Å². The number of nitrogens with one attached hydrogen (secondary N) is 2. The highest BCUT2D eigenvalue weighted by atomic mass is 32.1. The number of nitrogens with zero attached hydrogens (tertiary/aromatic N) is 6. The molecule has 2 aromatic heterocycles. The zero-order valence-electron chi connectivity index (χ0n) is 24.1. The van der Waals surface area contributed by atoms with E-state index in [9.17, 15) is 4.79 Å². The summed E-state index contributed by atoms with van der Waals surface area (Å²) in [6, 6.07) is 13.8. The van der Waals surface area contributed by atoms with Gasteiger partial charge in [0.2, 0.25) is 11.9 Å². The number of carbonyl (C=O) groups excluding carboxylic acids is 1. The van der Waals surface area contributed by atoms with Gasteiger partial charge >= 0.3 is 0 Å².